The summed E-state index contributed by atoms with van der Waals surface area (Å²) >= 11 is 0. The molecule has 0 spiro atoms. The molecule has 0 aromatic carbocycles. The number of ketones is 1. The lowest BCUT2D eigenvalue weighted by Crippen LogP contribution is -2.34. The number of amides is 1. The molecule has 0 aromatic heterocycles. The average molecular weight is 261 g/mol. The lowest BCUT2D eigenvalue weighted by Gasteiger charge is -2.12. The van der Waals surface area contributed by atoms with E-state index >= 15 is 0 Å². The molecular formula is C13H31N3O2. The van der Waals surface area contributed by atoms with E-state index in [9.17, 15) is 9.59 Å². The Morgan fingerprint density at radius 2 is 1.67 bits per heavy atom. The van der Waals surface area contributed by atoms with Crippen LogP contribution in [0.25, 0.3) is 0 Å². The van der Waals surface area contributed by atoms with E-state index in [1.807, 2.05) is 27.8 Å². The number of Topliss-reactive ketones (excluding diaryl/α,β-unsaturated/α-hetero) is 1. The van der Waals surface area contributed by atoms with Crippen molar-refractivity contribution in [2.75, 3.05) is 20.6 Å². The number of carbonyl (C=O) groups is 2. The van der Waals surface area contributed by atoms with Crippen molar-refractivity contribution in [3.63, 3.8) is 0 Å². The molecule has 110 valence electrons. The molecule has 0 saturated heterocycles. The van der Waals surface area contributed by atoms with E-state index in [4.69, 9.17) is 0 Å². The normalized spacial score (nSPS) is 10.2. The number of hydrogen-bond acceptors (Lipinski definition) is 4. The van der Waals surface area contributed by atoms with E-state index in [0.29, 0.717) is 12.8 Å². The zero-order chi connectivity index (χ0) is 15.0. The minimum absolute atomic E-state index is 0.0381. The summed E-state index contributed by atoms with van der Waals surface area (Å²) in [4.78, 5) is 21.9. The van der Waals surface area contributed by atoms with Gasteiger partial charge in [-0.05, 0) is 40.9 Å². The Bertz CT molecular complexity index is 197. The van der Waals surface area contributed by atoms with E-state index in [1.165, 1.54) is 14.0 Å². The molecule has 0 aliphatic rings. The first kappa shape index (κ1) is 22.3. The van der Waals surface area contributed by atoms with E-state index in [1.54, 1.807) is 0 Å². The predicted octanol–water partition coefficient (Wildman–Crippen LogP) is 1.07. The summed E-state index contributed by atoms with van der Waals surface area (Å²) in [6.07, 6.45) is 1.55. The molecule has 5 nitrogen and oxygen atoms in total. The Morgan fingerprint density at radius 3 is 2.06 bits per heavy atom. The molecular weight excluding hydrogens is 230 g/mol. The van der Waals surface area contributed by atoms with Crippen molar-refractivity contribution in [3.8, 4) is 0 Å². The van der Waals surface area contributed by atoms with Crippen LogP contribution >= 0.6 is 0 Å². The van der Waals surface area contributed by atoms with Gasteiger partial charge in [-0.1, -0.05) is 13.8 Å². The third-order valence-electron chi connectivity index (χ3n) is 1.94. The third kappa shape index (κ3) is 20.5. The van der Waals surface area contributed by atoms with E-state index in [2.05, 4.69) is 16.4 Å². The van der Waals surface area contributed by atoms with Gasteiger partial charge < -0.3 is 21.2 Å². The summed E-state index contributed by atoms with van der Waals surface area (Å²) in [6.45, 7) is 8.34. The molecule has 0 saturated carbocycles. The first-order chi connectivity index (χ1) is 8.56. The highest BCUT2D eigenvalue weighted by molar-refractivity contribution is 5.83. The Hall–Kier alpha value is -0.940. The highest BCUT2D eigenvalue weighted by Crippen LogP contribution is 1.94. The number of nitrogens with one attached hydrogen (secondary N) is 2. The van der Waals surface area contributed by atoms with Crippen LogP contribution in [0.5, 0.6) is 0 Å². The van der Waals surface area contributed by atoms with Crippen LogP contribution in [0, 0.1) is 0 Å². The maximum Gasteiger partial charge on any atom is 0.220 e. The molecule has 0 aliphatic carbocycles. The number of rotatable bonds is 7. The van der Waals surface area contributed by atoms with Crippen molar-refractivity contribution in [1.29, 1.82) is 0 Å². The molecule has 4 N–H and O–H groups in total. The van der Waals surface area contributed by atoms with Crippen LogP contribution in [-0.4, -0.2) is 38.4 Å². The van der Waals surface area contributed by atoms with E-state index in [0.717, 1.165) is 13.0 Å². The summed E-state index contributed by atoms with van der Waals surface area (Å²) in [5.74, 6) is 0.0202. The van der Waals surface area contributed by atoms with Gasteiger partial charge in [0.25, 0.3) is 0 Å². The second kappa shape index (κ2) is 18.4. The van der Waals surface area contributed by atoms with Crippen molar-refractivity contribution >= 4 is 11.7 Å². The van der Waals surface area contributed by atoms with Crippen LogP contribution in [0.3, 0.4) is 0 Å². The fourth-order valence-corrected chi connectivity index (χ4v) is 1.07. The van der Waals surface area contributed by atoms with Gasteiger partial charge in [0.05, 0.1) is 0 Å². The second-order valence-corrected chi connectivity index (χ2v) is 3.56. The first-order valence-electron chi connectivity index (χ1n) is 6.57. The van der Waals surface area contributed by atoms with Crippen LogP contribution in [0.15, 0.2) is 0 Å². The van der Waals surface area contributed by atoms with E-state index in [-0.39, 0.29) is 17.7 Å². The van der Waals surface area contributed by atoms with Gasteiger partial charge in [0, 0.05) is 18.9 Å². The van der Waals surface area contributed by atoms with Crippen molar-refractivity contribution in [2.45, 2.75) is 53.0 Å². The van der Waals surface area contributed by atoms with Crippen LogP contribution in [0.2, 0.25) is 0 Å². The topological polar surface area (TPSA) is 84.2 Å². The van der Waals surface area contributed by atoms with Crippen molar-refractivity contribution < 1.29 is 9.59 Å². The molecule has 1 unspecified atom stereocenters. The van der Waals surface area contributed by atoms with Gasteiger partial charge in [0.1, 0.15) is 5.78 Å². The lowest BCUT2D eigenvalue weighted by atomic mass is 10.2. The highest BCUT2D eigenvalue weighted by atomic mass is 16.2. The molecule has 0 heterocycles. The number of carbonyl (C=O) groups excluding carboxylic acids is 2. The zero-order valence-electron chi connectivity index (χ0n) is 12.8. The molecule has 1 amide bonds. The molecule has 5 heteroatoms. The monoisotopic (exact) mass is 261 g/mol. The zero-order valence-corrected chi connectivity index (χ0v) is 12.8. The molecule has 0 rings (SSSR count). The minimum Gasteiger partial charge on any atom is -0.354 e. The Balaban J connectivity index is -0.000000506. The van der Waals surface area contributed by atoms with Gasteiger partial charge in [-0.15, -0.1) is 0 Å². The molecule has 0 fully saturated rings. The van der Waals surface area contributed by atoms with Crippen LogP contribution in [0.1, 0.15) is 47.0 Å². The SMILES string of the molecule is CC.CN.CNCCC(C)NC(=O)CCC(C)=O. The molecule has 18 heavy (non-hydrogen) atoms. The Kier molecular flexibility index (Phi) is 22.8. The standard InChI is InChI=1S/C10H20N2O2.C2H6.CH5N/c1-8(6-7-11-3)12-10(14)5-4-9(2)13;2*1-2/h8,11H,4-7H2,1-3H3,(H,12,14);1-2H3;2H2,1H3. The highest BCUT2D eigenvalue weighted by Gasteiger charge is 2.07. The maximum absolute atomic E-state index is 11.2. The van der Waals surface area contributed by atoms with Crippen molar-refractivity contribution in [2.24, 2.45) is 5.73 Å². The van der Waals surface area contributed by atoms with Gasteiger partial charge in [0.15, 0.2) is 0 Å². The third-order valence-corrected chi connectivity index (χ3v) is 1.94. The van der Waals surface area contributed by atoms with Gasteiger partial charge in [-0.3, -0.25) is 4.79 Å². The van der Waals surface area contributed by atoms with E-state index < -0.39 is 0 Å². The summed E-state index contributed by atoms with van der Waals surface area (Å²) < 4.78 is 0. The molecule has 0 radical (unpaired) electrons. The fraction of sp³-hybridized carbons (Fsp3) is 0.846. The molecule has 0 aliphatic heterocycles. The van der Waals surface area contributed by atoms with Crippen molar-refractivity contribution in [1.82, 2.24) is 10.6 Å². The van der Waals surface area contributed by atoms with Crippen LogP contribution in [-0.2, 0) is 9.59 Å². The van der Waals surface area contributed by atoms with Gasteiger partial charge >= 0.3 is 0 Å². The summed E-state index contributed by atoms with van der Waals surface area (Å²) in [6, 6.07) is 0.168. The van der Waals surface area contributed by atoms with Crippen LogP contribution < -0.4 is 16.4 Å². The maximum atomic E-state index is 11.2. The molecule has 0 bridgehead atoms. The Morgan fingerprint density at radius 1 is 1.17 bits per heavy atom. The smallest absolute Gasteiger partial charge is 0.220 e. The predicted molar refractivity (Wildman–Crippen MR) is 77.5 cm³/mol. The largest absolute Gasteiger partial charge is 0.354 e. The quantitative estimate of drug-likeness (QED) is 0.640. The lowest BCUT2D eigenvalue weighted by molar-refractivity contribution is -0.125. The summed E-state index contributed by atoms with van der Waals surface area (Å²) in [5.41, 5.74) is 4.50. The number of hydrogen-bond donors (Lipinski definition) is 3. The Labute approximate surface area is 112 Å². The van der Waals surface area contributed by atoms with Crippen LogP contribution in [0.4, 0.5) is 0 Å². The van der Waals surface area contributed by atoms with Gasteiger partial charge in [0.2, 0.25) is 5.91 Å². The molecule has 0 aromatic rings. The molecule has 1 atom stereocenters. The van der Waals surface area contributed by atoms with Gasteiger partial charge in [-0.25, -0.2) is 0 Å². The van der Waals surface area contributed by atoms with Gasteiger partial charge in [-0.2, -0.15) is 0 Å². The first-order valence-corrected chi connectivity index (χ1v) is 6.57. The summed E-state index contributed by atoms with van der Waals surface area (Å²) in [7, 11) is 3.38. The average Bonchev–Trinajstić information content (AvgIpc) is 2.38. The fourth-order valence-electron chi connectivity index (χ4n) is 1.07. The second-order valence-electron chi connectivity index (χ2n) is 3.56. The summed E-state index contributed by atoms with van der Waals surface area (Å²) in [5, 5.41) is 5.86. The minimum atomic E-state index is -0.0381. The van der Waals surface area contributed by atoms with Crippen molar-refractivity contribution in [3.05, 3.63) is 0 Å². The number of nitrogens with two attached hydrogens (primary N) is 1.